The van der Waals surface area contributed by atoms with Crippen molar-refractivity contribution in [3.63, 3.8) is 0 Å². The van der Waals surface area contributed by atoms with Crippen molar-refractivity contribution in [1.82, 2.24) is 30.0 Å². The molecule has 0 bridgehead atoms. The van der Waals surface area contributed by atoms with Crippen LogP contribution in [0.1, 0.15) is 36.9 Å². The Hall–Kier alpha value is -3.31. The maximum atomic E-state index is 11.9. The Kier molecular flexibility index (Phi) is 8.79. The number of nitrogens with one attached hydrogen (secondary N) is 3. The van der Waals surface area contributed by atoms with Crippen LogP contribution in [0.5, 0.6) is 0 Å². The summed E-state index contributed by atoms with van der Waals surface area (Å²) >= 11 is 0. The molecular formula is C24H34N8O3. The van der Waals surface area contributed by atoms with Gasteiger partial charge in [0.05, 0.1) is 12.8 Å². The molecule has 1 atom stereocenters. The Balaban J connectivity index is 1.27. The first-order chi connectivity index (χ1) is 17.1. The molecule has 11 nitrogen and oxygen atoms in total. The van der Waals surface area contributed by atoms with Crippen LogP contribution in [0.3, 0.4) is 0 Å². The number of hydrogen-bond donors (Lipinski definition) is 4. The first kappa shape index (κ1) is 24.8. The molecule has 0 aliphatic carbocycles. The van der Waals surface area contributed by atoms with Crippen LogP contribution < -0.4 is 10.6 Å². The number of ether oxygens (including phenoxy) is 1. The van der Waals surface area contributed by atoms with Crippen LogP contribution in [0.15, 0.2) is 24.7 Å². The summed E-state index contributed by atoms with van der Waals surface area (Å²) in [5.74, 6) is 0.559. The quantitative estimate of drug-likeness (QED) is 0.253. The van der Waals surface area contributed by atoms with Crippen molar-refractivity contribution in [2.24, 2.45) is 0 Å². The topological polar surface area (TPSA) is 141 Å². The molecule has 4 rings (SSSR count). The number of aromatic amines is 1. The van der Waals surface area contributed by atoms with E-state index in [1.54, 1.807) is 13.3 Å². The van der Waals surface area contributed by atoms with Crippen molar-refractivity contribution in [3.8, 4) is 0 Å². The molecule has 4 N–H and O–H groups in total. The molecule has 35 heavy (non-hydrogen) atoms. The van der Waals surface area contributed by atoms with Crippen LogP contribution in [-0.2, 0) is 22.4 Å². The predicted octanol–water partition coefficient (Wildman–Crippen LogP) is 2.33. The third-order valence-corrected chi connectivity index (χ3v) is 6.30. The highest BCUT2D eigenvalue weighted by Crippen LogP contribution is 2.20. The number of fused-ring (bicyclic) bond motifs is 2. The third-order valence-electron chi connectivity index (χ3n) is 6.30. The smallest absolute Gasteiger partial charge is 0.326 e. The molecule has 1 aliphatic rings. The van der Waals surface area contributed by atoms with E-state index in [4.69, 9.17) is 9.72 Å². The van der Waals surface area contributed by atoms with Gasteiger partial charge in [-0.15, -0.1) is 0 Å². The highest BCUT2D eigenvalue weighted by atomic mass is 16.5. The molecule has 188 valence electrons. The summed E-state index contributed by atoms with van der Waals surface area (Å²) in [4.78, 5) is 27.3. The SMILES string of the molecule is COCCN(CCCCc1ccc2c(n1)NCCC2)CC[C@H](Nc1ncnc2cn[nH]c12)C(=O)O. The van der Waals surface area contributed by atoms with E-state index in [1.165, 1.54) is 11.9 Å². The normalized spacial score (nSPS) is 14.0. The summed E-state index contributed by atoms with van der Waals surface area (Å²) in [6, 6.07) is 3.55. The van der Waals surface area contributed by atoms with E-state index in [1.807, 2.05) is 0 Å². The number of methoxy groups -OCH3 is 1. The summed E-state index contributed by atoms with van der Waals surface area (Å²) in [5.41, 5.74) is 3.66. The molecule has 11 heteroatoms. The van der Waals surface area contributed by atoms with Crippen molar-refractivity contribution >= 4 is 28.6 Å². The van der Waals surface area contributed by atoms with Gasteiger partial charge in [-0.3, -0.25) is 5.10 Å². The standard InChI is InChI=1S/C24H34N8O3/c1-35-14-13-32(11-3-2-6-18-8-7-17-5-4-10-25-22(17)29-18)12-9-19(24(33)34)30-23-21-20(15-28-31-21)26-16-27-23/h7-8,15-16,19H,2-6,9-14H2,1H3,(H,25,29)(H,28,31)(H,33,34)(H,26,27,30)/t19-/m0/s1. The lowest BCUT2D eigenvalue weighted by molar-refractivity contribution is -0.138. The summed E-state index contributed by atoms with van der Waals surface area (Å²) in [6.07, 6.45) is 8.63. The van der Waals surface area contributed by atoms with Crippen molar-refractivity contribution in [3.05, 3.63) is 35.9 Å². The fourth-order valence-corrected chi connectivity index (χ4v) is 4.31. The average molecular weight is 483 g/mol. The lowest BCUT2D eigenvalue weighted by Crippen LogP contribution is -2.37. The van der Waals surface area contributed by atoms with Crippen LogP contribution in [0, 0.1) is 0 Å². The largest absolute Gasteiger partial charge is 0.480 e. The Morgan fingerprint density at radius 1 is 1.26 bits per heavy atom. The first-order valence-corrected chi connectivity index (χ1v) is 12.2. The zero-order chi connectivity index (χ0) is 24.5. The fraction of sp³-hybridized carbons (Fsp3) is 0.542. The van der Waals surface area contributed by atoms with Crippen LogP contribution in [0.4, 0.5) is 11.6 Å². The number of hydrogen-bond acceptors (Lipinski definition) is 9. The zero-order valence-corrected chi connectivity index (χ0v) is 20.2. The number of H-pyrrole nitrogens is 1. The van der Waals surface area contributed by atoms with E-state index in [9.17, 15) is 9.90 Å². The fourth-order valence-electron chi connectivity index (χ4n) is 4.31. The number of nitrogens with zero attached hydrogens (tertiary/aromatic N) is 5. The van der Waals surface area contributed by atoms with Crippen molar-refractivity contribution in [2.45, 2.75) is 44.6 Å². The van der Waals surface area contributed by atoms with Gasteiger partial charge < -0.3 is 25.4 Å². The summed E-state index contributed by atoms with van der Waals surface area (Å²) in [7, 11) is 1.68. The number of anilines is 2. The Labute approximate surface area is 204 Å². The van der Waals surface area contributed by atoms with Crippen molar-refractivity contribution in [2.75, 3.05) is 50.5 Å². The van der Waals surface area contributed by atoms with Gasteiger partial charge in [0, 0.05) is 32.4 Å². The molecule has 0 amide bonds. The molecule has 0 unspecified atom stereocenters. The minimum absolute atomic E-state index is 0.427. The Morgan fingerprint density at radius 2 is 2.17 bits per heavy atom. The second-order valence-corrected chi connectivity index (χ2v) is 8.81. The number of carboxylic acids is 1. The lowest BCUT2D eigenvalue weighted by Gasteiger charge is -2.24. The van der Waals surface area contributed by atoms with E-state index < -0.39 is 12.0 Å². The molecule has 0 saturated carbocycles. The summed E-state index contributed by atoms with van der Waals surface area (Å²) in [5, 5.41) is 23.0. The van der Waals surface area contributed by atoms with Gasteiger partial charge in [0.15, 0.2) is 5.82 Å². The molecule has 0 saturated heterocycles. The highest BCUT2D eigenvalue weighted by molar-refractivity contribution is 5.87. The third kappa shape index (κ3) is 6.86. The van der Waals surface area contributed by atoms with Gasteiger partial charge in [-0.25, -0.2) is 19.7 Å². The molecule has 4 heterocycles. The highest BCUT2D eigenvalue weighted by Gasteiger charge is 2.21. The predicted molar refractivity (Wildman–Crippen MR) is 134 cm³/mol. The van der Waals surface area contributed by atoms with Crippen LogP contribution in [-0.4, -0.2) is 87.1 Å². The number of aliphatic carboxylic acids is 1. The van der Waals surface area contributed by atoms with Gasteiger partial charge in [0.1, 0.15) is 29.2 Å². The van der Waals surface area contributed by atoms with Gasteiger partial charge >= 0.3 is 5.97 Å². The van der Waals surface area contributed by atoms with E-state index in [0.29, 0.717) is 36.4 Å². The lowest BCUT2D eigenvalue weighted by atomic mass is 10.1. The van der Waals surface area contributed by atoms with Crippen molar-refractivity contribution < 1.29 is 14.6 Å². The number of carboxylic acid groups (broad SMARTS) is 1. The molecule has 0 spiro atoms. The van der Waals surface area contributed by atoms with Crippen molar-refractivity contribution in [1.29, 1.82) is 0 Å². The number of rotatable bonds is 14. The molecule has 1 aliphatic heterocycles. The average Bonchev–Trinajstić information content (AvgIpc) is 3.36. The number of aromatic nitrogens is 5. The summed E-state index contributed by atoms with van der Waals surface area (Å²) in [6.45, 7) is 3.85. The van der Waals surface area contributed by atoms with Gasteiger partial charge in [-0.05, 0) is 56.7 Å². The second-order valence-electron chi connectivity index (χ2n) is 8.81. The molecule has 3 aromatic heterocycles. The van der Waals surface area contributed by atoms with Gasteiger partial charge in [-0.1, -0.05) is 6.07 Å². The van der Waals surface area contributed by atoms with Gasteiger partial charge in [-0.2, -0.15) is 5.10 Å². The molecule has 0 fully saturated rings. The Bertz CT molecular complexity index is 1110. The maximum Gasteiger partial charge on any atom is 0.326 e. The number of unbranched alkanes of at least 4 members (excludes halogenated alkanes) is 1. The maximum absolute atomic E-state index is 11.9. The van der Waals surface area contributed by atoms with E-state index >= 15 is 0 Å². The van der Waals surface area contributed by atoms with Gasteiger partial charge in [0.2, 0.25) is 0 Å². The van der Waals surface area contributed by atoms with Crippen LogP contribution in [0.2, 0.25) is 0 Å². The van der Waals surface area contributed by atoms with E-state index in [2.05, 4.69) is 47.8 Å². The molecule has 0 aromatic carbocycles. The molecular weight excluding hydrogens is 448 g/mol. The van der Waals surface area contributed by atoms with Crippen LogP contribution in [0.25, 0.3) is 11.0 Å². The monoisotopic (exact) mass is 482 g/mol. The van der Waals surface area contributed by atoms with E-state index in [0.717, 1.165) is 63.3 Å². The molecule has 0 radical (unpaired) electrons. The minimum atomic E-state index is -0.921. The second kappa shape index (κ2) is 12.4. The number of aryl methyl sites for hydroxylation is 2. The van der Waals surface area contributed by atoms with Crippen LogP contribution >= 0.6 is 0 Å². The van der Waals surface area contributed by atoms with E-state index in [-0.39, 0.29) is 0 Å². The zero-order valence-electron chi connectivity index (χ0n) is 20.2. The minimum Gasteiger partial charge on any atom is -0.480 e. The Morgan fingerprint density at radius 3 is 3.03 bits per heavy atom. The first-order valence-electron chi connectivity index (χ1n) is 12.2. The van der Waals surface area contributed by atoms with Gasteiger partial charge in [0.25, 0.3) is 0 Å². The number of carbonyl (C=O) groups is 1. The molecule has 3 aromatic rings. The summed E-state index contributed by atoms with van der Waals surface area (Å²) < 4.78 is 5.27. The number of pyridine rings is 1.